The van der Waals surface area contributed by atoms with Gasteiger partial charge in [-0.2, -0.15) is 0 Å². The van der Waals surface area contributed by atoms with Crippen LogP contribution in [-0.4, -0.2) is 24.2 Å². The summed E-state index contributed by atoms with van der Waals surface area (Å²) in [7, 11) is 0. The van der Waals surface area contributed by atoms with E-state index < -0.39 is 5.41 Å². The number of para-hydroxylation sites is 3. The van der Waals surface area contributed by atoms with Crippen molar-refractivity contribution >= 4 is 32.8 Å². The minimum absolute atomic E-state index is 0.0963. The molecule has 0 saturated carbocycles. The number of rotatable bonds is 8. The predicted molar refractivity (Wildman–Crippen MR) is 311 cm³/mol. The Morgan fingerprint density at radius 2 is 1.04 bits per heavy atom. The van der Waals surface area contributed by atoms with Gasteiger partial charge in [0.1, 0.15) is 11.6 Å². The smallest absolute Gasteiger partial charge is 0.149 e. The van der Waals surface area contributed by atoms with Gasteiger partial charge in [-0.25, -0.2) is 4.98 Å². The molecule has 3 aromatic heterocycles. The van der Waals surface area contributed by atoms with Gasteiger partial charge in [0.2, 0.25) is 0 Å². The molecule has 1 N–H and O–H groups in total. The summed E-state index contributed by atoms with van der Waals surface area (Å²) in [6, 6.07) is 67.8. The molecule has 368 valence electrons. The first-order chi connectivity index (χ1) is 35.3. The SMILES string of the molecule is CC(C)(C)c1ccc(-n2c(-c3cc(C(C)(C)C)cc(C(C)(C)C)c3O)nc3c(-c4cc(-c5nccc6c7ccccc7n(-c7ccccc7)c56)cc(C(C)(C)c5ccccc5)c4)cccc32)c(-c2ccccc2)c1. The molecule has 0 amide bonds. The number of aromatic hydroxyl groups is 1. The molecule has 3 heterocycles. The molecule has 0 unspecified atom stereocenters. The number of pyridine rings is 1. The van der Waals surface area contributed by atoms with Crippen LogP contribution in [0.2, 0.25) is 0 Å². The molecule has 11 rings (SSSR count). The Balaban J connectivity index is 1.26. The van der Waals surface area contributed by atoms with Crippen LogP contribution in [0, 0.1) is 0 Å². The lowest BCUT2D eigenvalue weighted by atomic mass is 9.76. The van der Waals surface area contributed by atoms with Gasteiger partial charge in [0.05, 0.1) is 39.0 Å². The second-order valence-corrected chi connectivity index (χ2v) is 23.7. The monoisotopic (exact) mass is 967 g/mol. The number of fused-ring (bicyclic) bond motifs is 4. The number of imidazole rings is 1. The molecule has 8 aromatic carbocycles. The largest absolute Gasteiger partial charge is 0.507 e. The van der Waals surface area contributed by atoms with Gasteiger partial charge in [0, 0.05) is 50.3 Å². The number of nitrogens with zero attached hydrogens (tertiary/aromatic N) is 4. The quantitative estimate of drug-likeness (QED) is 0.165. The second kappa shape index (κ2) is 17.9. The average Bonchev–Trinajstić information content (AvgIpc) is 3.96. The van der Waals surface area contributed by atoms with Crippen LogP contribution in [0.25, 0.3) is 89.1 Å². The van der Waals surface area contributed by atoms with Gasteiger partial charge in [-0.1, -0.05) is 204 Å². The summed E-state index contributed by atoms with van der Waals surface area (Å²) >= 11 is 0. The van der Waals surface area contributed by atoms with Crippen LogP contribution < -0.4 is 0 Å². The predicted octanol–water partition coefficient (Wildman–Crippen LogP) is 18.1. The zero-order chi connectivity index (χ0) is 51.9. The zero-order valence-corrected chi connectivity index (χ0v) is 44.7. The van der Waals surface area contributed by atoms with E-state index in [1.807, 2.05) is 6.20 Å². The summed E-state index contributed by atoms with van der Waals surface area (Å²) < 4.78 is 4.68. The molecule has 5 heteroatoms. The van der Waals surface area contributed by atoms with Crippen molar-refractivity contribution < 1.29 is 5.11 Å². The van der Waals surface area contributed by atoms with Gasteiger partial charge in [-0.05, 0) is 110 Å². The Labute approximate surface area is 436 Å². The summed E-state index contributed by atoms with van der Waals surface area (Å²) in [5.41, 5.74) is 17.4. The first-order valence-electron chi connectivity index (χ1n) is 26.0. The fourth-order valence-electron chi connectivity index (χ4n) is 10.9. The minimum atomic E-state index is -0.396. The van der Waals surface area contributed by atoms with Crippen LogP contribution in [0.4, 0.5) is 0 Å². The topological polar surface area (TPSA) is 55.9 Å². The molecule has 74 heavy (non-hydrogen) atoms. The van der Waals surface area contributed by atoms with Gasteiger partial charge in [-0.15, -0.1) is 0 Å². The van der Waals surface area contributed by atoms with Gasteiger partial charge >= 0.3 is 0 Å². The molecule has 0 fully saturated rings. The van der Waals surface area contributed by atoms with Gasteiger partial charge in [-0.3, -0.25) is 9.55 Å². The van der Waals surface area contributed by atoms with Crippen molar-refractivity contribution in [2.45, 2.75) is 97.8 Å². The molecule has 0 radical (unpaired) electrons. The van der Waals surface area contributed by atoms with Crippen LogP contribution in [0.1, 0.15) is 104 Å². The number of hydrogen-bond donors (Lipinski definition) is 1. The average molecular weight is 967 g/mol. The van der Waals surface area contributed by atoms with Crippen molar-refractivity contribution in [3.8, 4) is 62.0 Å². The van der Waals surface area contributed by atoms with E-state index >= 15 is 0 Å². The number of aromatic nitrogens is 4. The van der Waals surface area contributed by atoms with E-state index in [2.05, 4.69) is 273 Å². The summed E-state index contributed by atoms with van der Waals surface area (Å²) in [6.07, 6.45) is 1.96. The Bertz CT molecular complexity index is 3910. The molecule has 0 aliphatic heterocycles. The Hall–Kier alpha value is -8.02. The van der Waals surface area contributed by atoms with Crippen molar-refractivity contribution in [1.29, 1.82) is 0 Å². The van der Waals surface area contributed by atoms with Crippen molar-refractivity contribution in [2.24, 2.45) is 0 Å². The lowest BCUT2D eigenvalue weighted by Crippen LogP contribution is -2.19. The van der Waals surface area contributed by atoms with E-state index in [4.69, 9.17) is 9.97 Å². The highest BCUT2D eigenvalue weighted by Gasteiger charge is 2.31. The van der Waals surface area contributed by atoms with Gasteiger partial charge in [0.15, 0.2) is 0 Å². The Morgan fingerprint density at radius 1 is 0.419 bits per heavy atom. The molecule has 5 nitrogen and oxygen atoms in total. The molecule has 0 atom stereocenters. The van der Waals surface area contributed by atoms with Crippen LogP contribution in [0.5, 0.6) is 5.75 Å². The number of benzene rings is 8. The van der Waals surface area contributed by atoms with E-state index in [-0.39, 0.29) is 22.0 Å². The van der Waals surface area contributed by atoms with Crippen LogP contribution in [-0.2, 0) is 21.7 Å². The third-order valence-electron chi connectivity index (χ3n) is 15.2. The number of phenolic OH excluding ortho intramolecular Hbond substituents is 1. The molecule has 0 aliphatic rings. The Kier molecular flexibility index (Phi) is 11.7. The fourth-order valence-corrected chi connectivity index (χ4v) is 10.9. The maximum Gasteiger partial charge on any atom is 0.149 e. The Morgan fingerprint density at radius 3 is 1.73 bits per heavy atom. The molecule has 0 saturated heterocycles. The lowest BCUT2D eigenvalue weighted by molar-refractivity contribution is 0.446. The van der Waals surface area contributed by atoms with E-state index in [9.17, 15) is 5.11 Å². The van der Waals surface area contributed by atoms with Crippen LogP contribution >= 0.6 is 0 Å². The normalized spacial score (nSPS) is 12.6. The highest BCUT2D eigenvalue weighted by Crippen LogP contribution is 2.47. The highest BCUT2D eigenvalue weighted by atomic mass is 16.3. The van der Waals surface area contributed by atoms with Gasteiger partial charge in [0.25, 0.3) is 0 Å². The van der Waals surface area contributed by atoms with Crippen molar-refractivity contribution in [1.82, 2.24) is 19.1 Å². The molecular formula is C69H66N4O. The lowest BCUT2D eigenvalue weighted by Gasteiger charge is -2.28. The van der Waals surface area contributed by atoms with Crippen molar-refractivity contribution in [3.05, 3.63) is 222 Å². The second-order valence-electron chi connectivity index (χ2n) is 23.7. The third-order valence-corrected chi connectivity index (χ3v) is 15.2. The summed E-state index contributed by atoms with van der Waals surface area (Å²) in [5.74, 6) is 0.931. The fraction of sp³-hybridized carbons (Fsp3) is 0.217. The highest BCUT2D eigenvalue weighted by molar-refractivity contribution is 6.13. The van der Waals surface area contributed by atoms with E-state index in [1.165, 1.54) is 16.5 Å². The van der Waals surface area contributed by atoms with E-state index in [0.717, 1.165) is 89.0 Å². The summed E-state index contributed by atoms with van der Waals surface area (Å²) in [6.45, 7) is 24.7. The standard InChI is InChI=1S/C69H66N4O/c1-66(2,3)48-34-35-59(55(41-48)44-24-15-12-16-25-44)73-60-33-23-31-52(62(60)71-65(73)56-42-49(67(4,5)6)43-57(64(56)74)68(7,8)9)45-38-46(40-50(39-45)69(10,11)47-26-17-13-18-27-47)61-63-54(36-37-70-61)53-30-21-22-32-58(53)72(63)51-28-19-14-20-29-51/h12-43,74H,1-11H3. The maximum absolute atomic E-state index is 12.8. The van der Waals surface area contributed by atoms with Crippen molar-refractivity contribution in [3.63, 3.8) is 0 Å². The van der Waals surface area contributed by atoms with Crippen LogP contribution in [0.3, 0.4) is 0 Å². The maximum atomic E-state index is 12.8. The molecule has 0 bridgehead atoms. The number of phenols is 1. The first kappa shape index (κ1) is 48.3. The molecule has 0 aliphatic carbocycles. The van der Waals surface area contributed by atoms with Crippen LogP contribution in [0.15, 0.2) is 194 Å². The van der Waals surface area contributed by atoms with E-state index in [1.54, 1.807) is 0 Å². The molecular weight excluding hydrogens is 901 g/mol. The summed E-state index contributed by atoms with van der Waals surface area (Å²) in [4.78, 5) is 11.1. The first-order valence-corrected chi connectivity index (χ1v) is 26.0. The summed E-state index contributed by atoms with van der Waals surface area (Å²) in [5, 5.41) is 15.1. The number of hydrogen-bond acceptors (Lipinski definition) is 3. The van der Waals surface area contributed by atoms with Gasteiger partial charge < -0.3 is 9.67 Å². The zero-order valence-electron chi connectivity index (χ0n) is 44.7. The molecule has 11 aromatic rings. The molecule has 0 spiro atoms. The third kappa shape index (κ3) is 8.38. The minimum Gasteiger partial charge on any atom is -0.507 e. The van der Waals surface area contributed by atoms with E-state index in [0.29, 0.717) is 11.4 Å². The van der Waals surface area contributed by atoms with Crippen molar-refractivity contribution in [2.75, 3.05) is 0 Å².